The van der Waals surface area contributed by atoms with Crippen LogP contribution in [0.25, 0.3) is 0 Å². The number of hydrogen-bond acceptors (Lipinski definition) is 3. The Labute approximate surface area is 93.3 Å². The second-order valence-corrected chi connectivity index (χ2v) is 3.48. The summed E-state index contributed by atoms with van der Waals surface area (Å²) in [6, 6.07) is 7.92. The Balaban J connectivity index is 1.98. The quantitative estimate of drug-likeness (QED) is 0.852. The lowest BCUT2D eigenvalue weighted by molar-refractivity contribution is 0.0946. The predicted molar refractivity (Wildman–Crippen MR) is 58.9 cm³/mol. The molecule has 82 valence electrons. The Hall–Kier alpha value is -2.10. The lowest BCUT2D eigenvalue weighted by Crippen LogP contribution is -2.23. The van der Waals surface area contributed by atoms with E-state index in [1.54, 1.807) is 0 Å². The van der Waals surface area contributed by atoms with Gasteiger partial charge in [0, 0.05) is 6.54 Å². The highest BCUT2D eigenvalue weighted by Crippen LogP contribution is 2.06. The van der Waals surface area contributed by atoms with Gasteiger partial charge in [0.1, 0.15) is 6.26 Å². The molecule has 1 heterocycles. The van der Waals surface area contributed by atoms with Crippen molar-refractivity contribution in [3.8, 4) is 0 Å². The molecule has 0 bridgehead atoms. The van der Waals surface area contributed by atoms with Gasteiger partial charge in [0.2, 0.25) is 0 Å². The van der Waals surface area contributed by atoms with Crippen LogP contribution < -0.4 is 5.32 Å². The van der Waals surface area contributed by atoms with E-state index in [9.17, 15) is 4.79 Å². The molecule has 1 aromatic carbocycles. The number of carbonyl (C=O) groups is 1. The Kier molecular flexibility index (Phi) is 3.00. The van der Waals surface area contributed by atoms with Gasteiger partial charge in [-0.15, -0.1) is 0 Å². The smallest absolute Gasteiger partial charge is 0.273 e. The van der Waals surface area contributed by atoms with Crippen LogP contribution in [0.3, 0.4) is 0 Å². The molecule has 0 unspecified atom stereocenters. The summed E-state index contributed by atoms with van der Waals surface area (Å²) in [5.74, 6) is -0.225. The number of aryl methyl sites for hydroxylation is 1. The first-order valence-corrected chi connectivity index (χ1v) is 4.98. The molecular weight excluding hydrogens is 204 g/mol. The third-order valence-electron chi connectivity index (χ3n) is 2.37. The molecule has 1 aromatic heterocycles. The zero-order valence-electron chi connectivity index (χ0n) is 8.93. The summed E-state index contributed by atoms with van der Waals surface area (Å²) in [4.78, 5) is 15.3. The predicted octanol–water partition coefficient (Wildman–Crippen LogP) is 1.91. The third-order valence-corrected chi connectivity index (χ3v) is 2.37. The molecule has 0 aliphatic rings. The van der Waals surface area contributed by atoms with Gasteiger partial charge in [0.25, 0.3) is 5.91 Å². The molecule has 4 nitrogen and oxygen atoms in total. The van der Waals surface area contributed by atoms with E-state index >= 15 is 0 Å². The Morgan fingerprint density at radius 2 is 2.25 bits per heavy atom. The van der Waals surface area contributed by atoms with Gasteiger partial charge >= 0.3 is 0 Å². The number of aromatic nitrogens is 1. The lowest BCUT2D eigenvalue weighted by atomic mass is 10.1. The summed E-state index contributed by atoms with van der Waals surface area (Å²) >= 11 is 0. The van der Waals surface area contributed by atoms with Gasteiger partial charge in [-0.1, -0.05) is 24.3 Å². The Morgan fingerprint density at radius 3 is 2.94 bits per heavy atom. The van der Waals surface area contributed by atoms with Gasteiger partial charge in [0.05, 0.1) is 0 Å². The van der Waals surface area contributed by atoms with E-state index in [0.717, 1.165) is 11.1 Å². The summed E-state index contributed by atoms with van der Waals surface area (Å²) in [7, 11) is 0. The fourth-order valence-electron chi connectivity index (χ4n) is 1.40. The number of carbonyl (C=O) groups excluding carboxylic acids is 1. The molecule has 1 N–H and O–H groups in total. The molecule has 0 spiro atoms. The minimum atomic E-state index is -0.225. The summed E-state index contributed by atoms with van der Waals surface area (Å²) < 4.78 is 4.74. The molecule has 1 amide bonds. The zero-order valence-corrected chi connectivity index (χ0v) is 8.93. The topological polar surface area (TPSA) is 55.1 Å². The maximum absolute atomic E-state index is 11.6. The summed E-state index contributed by atoms with van der Waals surface area (Å²) in [5.41, 5.74) is 2.55. The van der Waals surface area contributed by atoms with E-state index in [1.165, 1.54) is 12.7 Å². The van der Waals surface area contributed by atoms with Crippen LogP contribution in [0.2, 0.25) is 0 Å². The van der Waals surface area contributed by atoms with Gasteiger partial charge in [0.15, 0.2) is 12.1 Å². The maximum Gasteiger partial charge on any atom is 0.273 e. The van der Waals surface area contributed by atoms with Gasteiger partial charge in [-0.2, -0.15) is 0 Å². The van der Waals surface area contributed by atoms with Crippen molar-refractivity contribution in [3.05, 3.63) is 53.7 Å². The third kappa shape index (κ3) is 2.28. The SMILES string of the molecule is Cc1ccccc1CNC(=O)c1cocn1. The van der Waals surface area contributed by atoms with E-state index < -0.39 is 0 Å². The second-order valence-electron chi connectivity index (χ2n) is 3.48. The van der Waals surface area contributed by atoms with Crippen molar-refractivity contribution in [2.75, 3.05) is 0 Å². The van der Waals surface area contributed by atoms with Gasteiger partial charge in [-0.3, -0.25) is 4.79 Å². The summed E-state index contributed by atoms with van der Waals surface area (Å²) in [6.45, 7) is 2.51. The van der Waals surface area contributed by atoms with E-state index in [4.69, 9.17) is 4.42 Å². The zero-order chi connectivity index (χ0) is 11.4. The molecule has 0 radical (unpaired) electrons. The van der Waals surface area contributed by atoms with Crippen molar-refractivity contribution >= 4 is 5.91 Å². The van der Waals surface area contributed by atoms with Gasteiger partial charge in [-0.05, 0) is 18.1 Å². The molecule has 0 saturated heterocycles. The number of amides is 1. The average molecular weight is 216 g/mol. The van der Waals surface area contributed by atoms with Crippen molar-refractivity contribution in [2.24, 2.45) is 0 Å². The van der Waals surface area contributed by atoms with Gasteiger partial charge < -0.3 is 9.73 Å². The molecule has 0 saturated carbocycles. The standard InChI is InChI=1S/C12H12N2O2/c1-9-4-2-3-5-10(9)6-13-12(15)11-7-16-8-14-11/h2-5,7-8H,6H2,1H3,(H,13,15). The summed E-state index contributed by atoms with van der Waals surface area (Å²) in [6.07, 6.45) is 2.57. The van der Waals surface area contributed by atoms with Crippen LogP contribution in [0.1, 0.15) is 21.6 Å². The molecule has 2 rings (SSSR count). The molecule has 16 heavy (non-hydrogen) atoms. The molecule has 0 atom stereocenters. The highest BCUT2D eigenvalue weighted by Gasteiger charge is 2.08. The molecule has 2 aromatic rings. The Bertz CT molecular complexity index is 478. The minimum Gasteiger partial charge on any atom is -0.451 e. The van der Waals surface area contributed by atoms with Crippen LogP contribution in [-0.2, 0) is 6.54 Å². The van der Waals surface area contributed by atoms with Crippen molar-refractivity contribution in [3.63, 3.8) is 0 Å². The van der Waals surface area contributed by atoms with E-state index in [0.29, 0.717) is 12.2 Å². The van der Waals surface area contributed by atoms with Crippen LogP contribution in [-0.4, -0.2) is 10.9 Å². The first-order chi connectivity index (χ1) is 7.77. The second kappa shape index (κ2) is 4.61. The largest absolute Gasteiger partial charge is 0.451 e. The Morgan fingerprint density at radius 1 is 1.44 bits per heavy atom. The van der Waals surface area contributed by atoms with Gasteiger partial charge in [-0.25, -0.2) is 4.98 Å². The first-order valence-electron chi connectivity index (χ1n) is 4.98. The van der Waals surface area contributed by atoms with E-state index in [2.05, 4.69) is 10.3 Å². The van der Waals surface area contributed by atoms with Crippen molar-refractivity contribution in [1.29, 1.82) is 0 Å². The monoisotopic (exact) mass is 216 g/mol. The maximum atomic E-state index is 11.6. The lowest BCUT2D eigenvalue weighted by Gasteiger charge is -2.05. The highest BCUT2D eigenvalue weighted by atomic mass is 16.3. The molecule has 4 heteroatoms. The number of nitrogens with one attached hydrogen (secondary N) is 1. The molecule has 0 aliphatic carbocycles. The van der Waals surface area contributed by atoms with Crippen LogP contribution >= 0.6 is 0 Å². The van der Waals surface area contributed by atoms with E-state index in [-0.39, 0.29) is 5.91 Å². The number of benzene rings is 1. The average Bonchev–Trinajstić information content (AvgIpc) is 2.81. The van der Waals surface area contributed by atoms with Crippen LogP contribution in [0.4, 0.5) is 0 Å². The highest BCUT2D eigenvalue weighted by molar-refractivity contribution is 5.91. The number of nitrogens with zero attached hydrogens (tertiary/aromatic N) is 1. The molecule has 0 fully saturated rings. The number of rotatable bonds is 3. The van der Waals surface area contributed by atoms with Crippen molar-refractivity contribution in [2.45, 2.75) is 13.5 Å². The number of oxazole rings is 1. The van der Waals surface area contributed by atoms with Crippen LogP contribution in [0.5, 0.6) is 0 Å². The van der Waals surface area contributed by atoms with Crippen LogP contribution in [0.15, 0.2) is 41.3 Å². The number of hydrogen-bond donors (Lipinski definition) is 1. The van der Waals surface area contributed by atoms with Crippen molar-refractivity contribution in [1.82, 2.24) is 10.3 Å². The molecule has 0 aliphatic heterocycles. The van der Waals surface area contributed by atoms with Crippen molar-refractivity contribution < 1.29 is 9.21 Å². The normalized spacial score (nSPS) is 10.1. The fourth-order valence-corrected chi connectivity index (χ4v) is 1.40. The first kappa shape index (κ1) is 10.4. The van der Waals surface area contributed by atoms with E-state index in [1.807, 2.05) is 31.2 Å². The summed E-state index contributed by atoms with van der Waals surface area (Å²) in [5, 5.41) is 2.78. The van der Waals surface area contributed by atoms with Crippen LogP contribution in [0, 0.1) is 6.92 Å². The minimum absolute atomic E-state index is 0.225. The fraction of sp³-hybridized carbons (Fsp3) is 0.167. The molecular formula is C12H12N2O2.